The molecular formula is C9H21NO3. The van der Waals surface area contributed by atoms with E-state index in [0.29, 0.717) is 26.4 Å². The first-order chi connectivity index (χ1) is 6.18. The first kappa shape index (κ1) is 12.8. The predicted molar refractivity (Wildman–Crippen MR) is 51.9 cm³/mol. The van der Waals surface area contributed by atoms with E-state index in [4.69, 9.17) is 14.6 Å². The van der Waals surface area contributed by atoms with Crippen molar-refractivity contribution in [3.05, 3.63) is 0 Å². The molecule has 13 heavy (non-hydrogen) atoms. The molecule has 0 saturated carbocycles. The molecule has 0 fully saturated rings. The Bertz CT molecular complexity index is 115. The number of hydrogen-bond donors (Lipinski definition) is 2. The molecule has 0 amide bonds. The first-order valence-corrected chi connectivity index (χ1v) is 4.64. The van der Waals surface area contributed by atoms with Crippen molar-refractivity contribution < 1.29 is 14.6 Å². The second kappa shape index (κ2) is 7.26. The third-order valence-electron chi connectivity index (χ3n) is 1.95. The molecule has 0 rings (SSSR count). The summed E-state index contributed by atoms with van der Waals surface area (Å²) in [6, 6.07) is 0. The molecule has 0 radical (unpaired) electrons. The van der Waals surface area contributed by atoms with Gasteiger partial charge >= 0.3 is 0 Å². The summed E-state index contributed by atoms with van der Waals surface area (Å²) in [5.74, 6) is 0. The number of aliphatic hydroxyl groups is 1. The zero-order valence-corrected chi connectivity index (χ0v) is 8.80. The van der Waals surface area contributed by atoms with Gasteiger partial charge in [-0.1, -0.05) is 0 Å². The molecule has 1 unspecified atom stereocenters. The molecule has 0 aliphatic rings. The van der Waals surface area contributed by atoms with Gasteiger partial charge in [0.25, 0.3) is 0 Å². The molecule has 0 bridgehead atoms. The van der Waals surface area contributed by atoms with Crippen molar-refractivity contribution in [1.82, 2.24) is 5.32 Å². The molecule has 4 heteroatoms. The van der Waals surface area contributed by atoms with Gasteiger partial charge in [-0.15, -0.1) is 0 Å². The fourth-order valence-electron chi connectivity index (χ4n) is 0.756. The molecule has 0 aromatic rings. The SMILES string of the molecule is CCOCCOCC(C)(CO)NC. The molecule has 0 heterocycles. The maximum Gasteiger partial charge on any atom is 0.0701 e. The molecule has 1 atom stereocenters. The van der Waals surface area contributed by atoms with Gasteiger partial charge in [-0.2, -0.15) is 0 Å². The highest BCUT2D eigenvalue weighted by Crippen LogP contribution is 2.01. The molecule has 0 spiro atoms. The highest BCUT2D eigenvalue weighted by Gasteiger charge is 2.20. The zero-order valence-electron chi connectivity index (χ0n) is 8.80. The Hall–Kier alpha value is -0.160. The lowest BCUT2D eigenvalue weighted by atomic mass is 10.1. The Morgan fingerprint density at radius 3 is 2.38 bits per heavy atom. The summed E-state index contributed by atoms with van der Waals surface area (Å²) in [5, 5.41) is 12.0. The number of ether oxygens (including phenoxy) is 2. The number of hydrogen-bond acceptors (Lipinski definition) is 4. The summed E-state index contributed by atoms with van der Waals surface area (Å²) in [5.41, 5.74) is -0.341. The number of likely N-dealkylation sites (N-methyl/N-ethyl adjacent to an activating group) is 1. The number of rotatable bonds is 8. The molecule has 4 nitrogen and oxygen atoms in total. The molecular weight excluding hydrogens is 170 g/mol. The maximum absolute atomic E-state index is 9.01. The van der Waals surface area contributed by atoms with Crippen LogP contribution in [0, 0.1) is 0 Å². The van der Waals surface area contributed by atoms with Gasteiger partial charge in [-0.25, -0.2) is 0 Å². The standard InChI is InChI=1S/C9H21NO3/c1-4-12-5-6-13-8-9(2,7-11)10-3/h10-11H,4-8H2,1-3H3. The van der Waals surface area contributed by atoms with Crippen molar-refractivity contribution in [2.75, 3.05) is 40.1 Å². The molecule has 0 aromatic carbocycles. The fraction of sp³-hybridized carbons (Fsp3) is 1.00. The topological polar surface area (TPSA) is 50.7 Å². The smallest absolute Gasteiger partial charge is 0.0701 e. The van der Waals surface area contributed by atoms with E-state index >= 15 is 0 Å². The van der Waals surface area contributed by atoms with Gasteiger partial charge in [-0.3, -0.25) is 0 Å². The highest BCUT2D eigenvalue weighted by atomic mass is 16.5. The minimum atomic E-state index is -0.341. The van der Waals surface area contributed by atoms with Crippen molar-refractivity contribution in [3.63, 3.8) is 0 Å². The van der Waals surface area contributed by atoms with Crippen LogP contribution in [-0.4, -0.2) is 50.7 Å². The lowest BCUT2D eigenvalue weighted by Gasteiger charge is -2.26. The summed E-state index contributed by atoms with van der Waals surface area (Å²) in [6.45, 7) is 6.32. The minimum Gasteiger partial charge on any atom is -0.394 e. The number of aliphatic hydroxyl groups excluding tert-OH is 1. The van der Waals surface area contributed by atoms with Crippen LogP contribution in [0.2, 0.25) is 0 Å². The Morgan fingerprint density at radius 1 is 1.31 bits per heavy atom. The quantitative estimate of drug-likeness (QED) is 0.531. The second-order valence-electron chi connectivity index (χ2n) is 3.22. The van der Waals surface area contributed by atoms with Crippen LogP contribution in [0.15, 0.2) is 0 Å². The molecule has 0 aliphatic carbocycles. The maximum atomic E-state index is 9.01. The van der Waals surface area contributed by atoms with Gasteiger partial charge in [0.2, 0.25) is 0 Å². The van der Waals surface area contributed by atoms with Crippen molar-refractivity contribution in [2.45, 2.75) is 19.4 Å². The van der Waals surface area contributed by atoms with Gasteiger partial charge < -0.3 is 19.9 Å². The van der Waals surface area contributed by atoms with Crippen LogP contribution < -0.4 is 5.32 Å². The highest BCUT2D eigenvalue weighted by molar-refractivity contribution is 4.79. The average Bonchev–Trinajstić information content (AvgIpc) is 2.17. The van der Waals surface area contributed by atoms with E-state index in [1.165, 1.54) is 0 Å². The third-order valence-corrected chi connectivity index (χ3v) is 1.95. The van der Waals surface area contributed by atoms with E-state index < -0.39 is 0 Å². The van der Waals surface area contributed by atoms with Crippen LogP contribution in [0.3, 0.4) is 0 Å². The average molecular weight is 191 g/mol. The van der Waals surface area contributed by atoms with Gasteiger partial charge in [0.1, 0.15) is 0 Å². The molecule has 2 N–H and O–H groups in total. The van der Waals surface area contributed by atoms with E-state index in [9.17, 15) is 0 Å². The van der Waals surface area contributed by atoms with Gasteiger partial charge in [-0.05, 0) is 20.9 Å². The van der Waals surface area contributed by atoms with Crippen LogP contribution >= 0.6 is 0 Å². The zero-order chi connectivity index (χ0) is 10.2. The summed E-state index contributed by atoms with van der Waals surface area (Å²) < 4.78 is 10.4. The van der Waals surface area contributed by atoms with Crippen LogP contribution in [0.5, 0.6) is 0 Å². The van der Waals surface area contributed by atoms with Crippen molar-refractivity contribution in [2.24, 2.45) is 0 Å². The van der Waals surface area contributed by atoms with Crippen molar-refractivity contribution in [3.8, 4) is 0 Å². The summed E-state index contributed by atoms with van der Waals surface area (Å²) in [4.78, 5) is 0. The minimum absolute atomic E-state index is 0.0676. The molecule has 0 aromatic heterocycles. The van der Waals surface area contributed by atoms with Gasteiger partial charge in [0, 0.05) is 6.61 Å². The number of nitrogens with one attached hydrogen (secondary N) is 1. The summed E-state index contributed by atoms with van der Waals surface area (Å²) in [6.07, 6.45) is 0. The summed E-state index contributed by atoms with van der Waals surface area (Å²) >= 11 is 0. The predicted octanol–water partition coefficient (Wildman–Crippen LogP) is 0.00990. The lowest BCUT2D eigenvalue weighted by Crippen LogP contribution is -2.47. The summed E-state index contributed by atoms with van der Waals surface area (Å²) in [7, 11) is 1.81. The third kappa shape index (κ3) is 5.99. The van der Waals surface area contributed by atoms with E-state index in [1.54, 1.807) is 0 Å². The van der Waals surface area contributed by atoms with Crippen LogP contribution in [0.25, 0.3) is 0 Å². The van der Waals surface area contributed by atoms with E-state index in [0.717, 1.165) is 0 Å². The van der Waals surface area contributed by atoms with E-state index in [2.05, 4.69) is 5.32 Å². The van der Waals surface area contributed by atoms with E-state index in [-0.39, 0.29) is 12.1 Å². The lowest BCUT2D eigenvalue weighted by molar-refractivity contribution is 0.0131. The molecule has 0 saturated heterocycles. The monoisotopic (exact) mass is 191 g/mol. The van der Waals surface area contributed by atoms with Crippen LogP contribution in [0.1, 0.15) is 13.8 Å². The molecule has 80 valence electrons. The Labute approximate surface area is 80.2 Å². The first-order valence-electron chi connectivity index (χ1n) is 4.64. The Morgan fingerprint density at radius 2 is 1.92 bits per heavy atom. The van der Waals surface area contributed by atoms with Gasteiger partial charge in [0.15, 0.2) is 0 Å². The van der Waals surface area contributed by atoms with Crippen molar-refractivity contribution >= 4 is 0 Å². The van der Waals surface area contributed by atoms with Crippen LogP contribution in [0.4, 0.5) is 0 Å². The van der Waals surface area contributed by atoms with E-state index in [1.807, 2.05) is 20.9 Å². The van der Waals surface area contributed by atoms with Crippen molar-refractivity contribution in [1.29, 1.82) is 0 Å². The largest absolute Gasteiger partial charge is 0.394 e. The fourth-order valence-corrected chi connectivity index (χ4v) is 0.756. The van der Waals surface area contributed by atoms with Crippen LogP contribution in [-0.2, 0) is 9.47 Å². The normalized spacial score (nSPS) is 15.7. The second-order valence-corrected chi connectivity index (χ2v) is 3.22. The van der Waals surface area contributed by atoms with Gasteiger partial charge in [0.05, 0.1) is 32.0 Å². The molecule has 0 aliphatic heterocycles. The Kier molecular flexibility index (Phi) is 7.17. The Balaban J connectivity index is 3.39.